The fraction of sp³-hybridized carbons (Fsp3) is 0.421. The number of nitrogens with zero attached hydrogens (tertiary/aromatic N) is 2. The van der Waals surface area contributed by atoms with Gasteiger partial charge < -0.3 is 4.90 Å². The first-order chi connectivity index (χ1) is 11.1. The van der Waals surface area contributed by atoms with Crippen LogP contribution in [0, 0.1) is 0 Å². The molecule has 1 amide bonds. The largest absolute Gasteiger partial charge is 0.344 e. The Morgan fingerprint density at radius 3 is 2.61 bits per heavy atom. The van der Waals surface area contributed by atoms with Crippen molar-refractivity contribution in [3.05, 3.63) is 46.8 Å². The molecule has 2 aromatic rings. The summed E-state index contributed by atoms with van der Waals surface area (Å²) in [4.78, 5) is 18.2. The van der Waals surface area contributed by atoms with E-state index in [0.29, 0.717) is 6.04 Å². The summed E-state index contributed by atoms with van der Waals surface area (Å²) in [7, 11) is 3.58. The highest BCUT2D eigenvalue weighted by Gasteiger charge is 2.20. The Balaban J connectivity index is 1.83. The second-order valence-corrected chi connectivity index (χ2v) is 7.49. The third-order valence-corrected chi connectivity index (χ3v) is 5.69. The number of hydrogen-bond acceptors (Lipinski definition) is 3. The van der Waals surface area contributed by atoms with E-state index in [-0.39, 0.29) is 5.91 Å². The van der Waals surface area contributed by atoms with Gasteiger partial charge in [-0.2, -0.15) is 0 Å². The van der Waals surface area contributed by atoms with Crippen LogP contribution in [-0.4, -0.2) is 42.9 Å². The second kappa shape index (κ2) is 6.85. The van der Waals surface area contributed by atoms with E-state index in [1.165, 1.54) is 37.1 Å². The van der Waals surface area contributed by atoms with Crippen molar-refractivity contribution in [2.45, 2.75) is 25.8 Å². The summed E-state index contributed by atoms with van der Waals surface area (Å²) in [5.74, 6) is 0.0721. The van der Waals surface area contributed by atoms with Gasteiger partial charge in [-0.15, -0.1) is 11.3 Å². The van der Waals surface area contributed by atoms with Crippen LogP contribution in [0.4, 0.5) is 0 Å². The Morgan fingerprint density at radius 2 is 1.91 bits per heavy atom. The molecule has 0 saturated carbocycles. The Kier molecular flexibility index (Phi) is 4.83. The average molecular weight is 328 g/mol. The van der Waals surface area contributed by atoms with E-state index in [1.807, 2.05) is 6.07 Å². The smallest absolute Gasteiger partial charge is 0.263 e. The highest BCUT2D eigenvalue weighted by molar-refractivity contribution is 7.17. The van der Waals surface area contributed by atoms with E-state index >= 15 is 0 Å². The van der Waals surface area contributed by atoms with Crippen LogP contribution in [0.15, 0.2) is 36.4 Å². The molecular weight excluding hydrogens is 304 g/mol. The maximum absolute atomic E-state index is 12.1. The maximum Gasteiger partial charge on any atom is 0.263 e. The minimum Gasteiger partial charge on any atom is -0.344 e. The molecule has 4 heteroatoms. The van der Waals surface area contributed by atoms with Crippen molar-refractivity contribution in [3.63, 3.8) is 0 Å². The van der Waals surface area contributed by atoms with Gasteiger partial charge in [-0.25, -0.2) is 0 Å². The molecule has 1 atom stereocenters. The minimum atomic E-state index is 0.0721. The number of rotatable bonds is 4. The summed E-state index contributed by atoms with van der Waals surface area (Å²) in [6.07, 6.45) is 2.62. The molecule has 23 heavy (non-hydrogen) atoms. The summed E-state index contributed by atoms with van der Waals surface area (Å²) in [5, 5.41) is 0. The molecule has 0 radical (unpaired) electrons. The Bertz CT molecular complexity index is 686. The lowest BCUT2D eigenvalue weighted by Gasteiger charge is -2.24. The third-order valence-electron chi connectivity index (χ3n) is 4.56. The number of benzene rings is 1. The topological polar surface area (TPSA) is 23.6 Å². The van der Waals surface area contributed by atoms with Gasteiger partial charge in [0.05, 0.1) is 4.88 Å². The number of thiophene rings is 1. The quantitative estimate of drug-likeness (QED) is 0.836. The van der Waals surface area contributed by atoms with Gasteiger partial charge in [-0.3, -0.25) is 9.69 Å². The van der Waals surface area contributed by atoms with Crippen molar-refractivity contribution in [3.8, 4) is 10.4 Å². The first-order valence-corrected chi connectivity index (χ1v) is 9.04. The van der Waals surface area contributed by atoms with Crippen molar-refractivity contribution in [1.29, 1.82) is 0 Å². The van der Waals surface area contributed by atoms with Gasteiger partial charge in [0.15, 0.2) is 0 Å². The fourth-order valence-corrected chi connectivity index (χ4v) is 4.14. The van der Waals surface area contributed by atoms with Gasteiger partial charge in [-0.05, 0) is 62.2 Å². The molecule has 122 valence electrons. The summed E-state index contributed by atoms with van der Waals surface area (Å²) in [5.41, 5.74) is 2.56. The van der Waals surface area contributed by atoms with Gasteiger partial charge in [0.1, 0.15) is 0 Å². The van der Waals surface area contributed by atoms with Gasteiger partial charge >= 0.3 is 0 Å². The van der Waals surface area contributed by atoms with Crippen LogP contribution in [0.2, 0.25) is 0 Å². The molecule has 0 bridgehead atoms. The maximum atomic E-state index is 12.1. The van der Waals surface area contributed by atoms with Crippen molar-refractivity contribution in [2.75, 3.05) is 27.2 Å². The van der Waals surface area contributed by atoms with E-state index in [9.17, 15) is 4.79 Å². The molecule has 3 rings (SSSR count). The lowest BCUT2D eigenvalue weighted by molar-refractivity contribution is 0.0832. The lowest BCUT2D eigenvalue weighted by Crippen LogP contribution is -2.23. The summed E-state index contributed by atoms with van der Waals surface area (Å²) < 4.78 is 0. The highest BCUT2D eigenvalue weighted by Crippen LogP contribution is 2.32. The molecule has 1 fully saturated rings. The second-order valence-electron chi connectivity index (χ2n) is 6.41. The van der Waals surface area contributed by atoms with Crippen molar-refractivity contribution < 1.29 is 4.79 Å². The molecule has 0 N–H and O–H groups in total. The van der Waals surface area contributed by atoms with Crippen LogP contribution in [-0.2, 0) is 0 Å². The van der Waals surface area contributed by atoms with Gasteiger partial charge in [0.25, 0.3) is 5.91 Å². The third kappa shape index (κ3) is 3.48. The molecule has 3 nitrogen and oxygen atoms in total. The molecule has 2 heterocycles. The molecule has 0 aliphatic carbocycles. The van der Waals surface area contributed by atoms with Crippen LogP contribution < -0.4 is 0 Å². The number of carbonyl (C=O) groups excluding carboxylic acids is 1. The zero-order valence-electron chi connectivity index (χ0n) is 14.1. The van der Waals surface area contributed by atoms with Crippen LogP contribution in [0.25, 0.3) is 10.4 Å². The molecule has 1 aliphatic heterocycles. The van der Waals surface area contributed by atoms with E-state index in [4.69, 9.17) is 0 Å². The van der Waals surface area contributed by atoms with Crippen LogP contribution in [0.3, 0.4) is 0 Å². The molecule has 1 aliphatic rings. The van der Waals surface area contributed by atoms with E-state index < -0.39 is 0 Å². The van der Waals surface area contributed by atoms with Gasteiger partial charge in [0.2, 0.25) is 0 Å². The fourth-order valence-electron chi connectivity index (χ4n) is 3.12. The summed E-state index contributed by atoms with van der Waals surface area (Å²) in [6, 6.07) is 13.2. The SMILES string of the molecule is C[C@H](c1cccc(-c2ccc(C(=O)N(C)C)s2)c1)N1CCCC1. The van der Waals surface area contributed by atoms with Crippen LogP contribution in [0.5, 0.6) is 0 Å². The van der Waals surface area contributed by atoms with Crippen LogP contribution in [0.1, 0.15) is 41.0 Å². The first-order valence-electron chi connectivity index (χ1n) is 8.22. The normalized spacial score (nSPS) is 16.5. The van der Waals surface area contributed by atoms with Gasteiger partial charge in [0, 0.05) is 25.0 Å². The Morgan fingerprint density at radius 1 is 1.17 bits per heavy atom. The lowest BCUT2D eigenvalue weighted by atomic mass is 10.0. The number of carbonyl (C=O) groups is 1. The zero-order chi connectivity index (χ0) is 16.4. The Labute approximate surface area is 142 Å². The molecule has 1 saturated heterocycles. The van der Waals surface area contributed by atoms with Crippen molar-refractivity contribution in [2.24, 2.45) is 0 Å². The summed E-state index contributed by atoms with van der Waals surface area (Å²) in [6.45, 7) is 4.69. The monoisotopic (exact) mass is 328 g/mol. The van der Waals surface area contributed by atoms with E-state index in [1.54, 1.807) is 30.3 Å². The predicted octanol–water partition coefficient (Wildman–Crippen LogP) is 4.27. The molecule has 1 aromatic heterocycles. The van der Waals surface area contributed by atoms with Crippen molar-refractivity contribution >= 4 is 17.2 Å². The van der Waals surface area contributed by atoms with Crippen LogP contribution >= 0.6 is 11.3 Å². The minimum absolute atomic E-state index is 0.0721. The highest BCUT2D eigenvalue weighted by atomic mass is 32.1. The standard InChI is InChI=1S/C19H24N2OS/c1-14(21-11-4-5-12-21)15-7-6-8-16(13-15)17-9-10-18(23-17)19(22)20(2)3/h6-10,13-14H,4-5,11-12H2,1-3H3/t14-/m1/s1. The zero-order valence-corrected chi connectivity index (χ0v) is 14.9. The Hall–Kier alpha value is -1.65. The van der Waals surface area contributed by atoms with E-state index in [0.717, 1.165) is 9.75 Å². The average Bonchev–Trinajstić information content (AvgIpc) is 3.25. The predicted molar refractivity (Wildman–Crippen MR) is 97.0 cm³/mol. The molecule has 0 unspecified atom stereocenters. The number of amides is 1. The van der Waals surface area contributed by atoms with Gasteiger partial charge in [-0.1, -0.05) is 18.2 Å². The number of likely N-dealkylation sites (tertiary alicyclic amines) is 1. The first kappa shape index (κ1) is 16.2. The summed E-state index contributed by atoms with van der Waals surface area (Å²) >= 11 is 1.57. The van der Waals surface area contributed by atoms with Crippen molar-refractivity contribution in [1.82, 2.24) is 9.80 Å². The molecular formula is C19H24N2OS. The number of hydrogen-bond donors (Lipinski definition) is 0. The van der Waals surface area contributed by atoms with E-state index in [2.05, 4.69) is 42.2 Å². The molecule has 0 spiro atoms. The molecule has 1 aromatic carbocycles.